The van der Waals surface area contributed by atoms with Gasteiger partial charge in [0.25, 0.3) is 5.91 Å². The Balaban J connectivity index is 1.45. The Morgan fingerprint density at radius 2 is 1.79 bits per heavy atom. The number of amides is 1. The first-order valence-electron chi connectivity index (χ1n) is 11.2. The van der Waals surface area contributed by atoms with E-state index < -0.39 is 0 Å². The summed E-state index contributed by atoms with van der Waals surface area (Å²) in [5, 5.41) is 3.41. The van der Waals surface area contributed by atoms with E-state index >= 15 is 0 Å². The van der Waals surface area contributed by atoms with Crippen molar-refractivity contribution >= 4 is 27.5 Å². The molecule has 1 saturated carbocycles. The van der Waals surface area contributed by atoms with E-state index in [1.165, 1.54) is 11.3 Å². The van der Waals surface area contributed by atoms with Gasteiger partial charge in [-0.2, -0.15) is 0 Å². The van der Waals surface area contributed by atoms with Crippen LogP contribution in [0.3, 0.4) is 0 Å². The minimum absolute atomic E-state index is 0.109. The molecule has 0 bridgehead atoms. The van der Waals surface area contributed by atoms with E-state index in [4.69, 9.17) is 10.5 Å². The van der Waals surface area contributed by atoms with Crippen LogP contribution in [-0.4, -0.2) is 28.0 Å². The molecule has 0 unspecified atom stereocenters. The first-order chi connectivity index (χ1) is 16.2. The minimum Gasteiger partial charge on any atom is -0.488 e. The Kier molecular flexibility index (Phi) is 6.32. The van der Waals surface area contributed by atoms with Crippen molar-refractivity contribution in [2.75, 3.05) is 0 Å². The van der Waals surface area contributed by atoms with Gasteiger partial charge in [0.2, 0.25) is 0 Å². The molecule has 1 aliphatic rings. The van der Waals surface area contributed by atoms with Crippen LogP contribution in [0.25, 0.3) is 21.3 Å². The fourth-order valence-electron chi connectivity index (χ4n) is 4.14. The van der Waals surface area contributed by atoms with E-state index in [9.17, 15) is 4.79 Å². The molecule has 3 N–H and O–H groups in total. The fraction of sp³-hybridized carbons (Fsp3) is 0.269. The summed E-state index contributed by atoms with van der Waals surface area (Å²) in [5.74, 6) is 0.540. The highest BCUT2D eigenvalue weighted by Crippen LogP contribution is 2.37. The average Bonchev–Trinajstić information content (AvgIpc) is 3.30. The molecule has 4 aromatic rings. The highest BCUT2D eigenvalue weighted by atomic mass is 32.1. The minimum atomic E-state index is -0.180. The zero-order chi connectivity index (χ0) is 22.6. The van der Waals surface area contributed by atoms with Gasteiger partial charge in [-0.25, -0.2) is 4.98 Å². The molecular weight excluding hydrogens is 432 g/mol. The molecule has 33 heavy (non-hydrogen) atoms. The van der Waals surface area contributed by atoms with Crippen LogP contribution in [-0.2, 0) is 6.54 Å². The number of carbonyl (C=O) groups is 1. The number of rotatable bonds is 6. The van der Waals surface area contributed by atoms with Crippen LogP contribution in [0.1, 0.15) is 41.0 Å². The third-order valence-electron chi connectivity index (χ3n) is 5.98. The van der Waals surface area contributed by atoms with Crippen molar-refractivity contribution in [3.63, 3.8) is 0 Å². The summed E-state index contributed by atoms with van der Waals surface area (Å²) >= 11 is 1.39. The Morgan fingerprint density at radius 1 is 1.03 bits per heavy atom. The number of fused-ring (bicyclic) bond motifs is 1. The third kappa shape index (κ3) is 5.05. The number of nitrogens with two attached hydrogens (primary N) is 1. The summed E-state index contributed by atoms with van der Waals surface area (Å²) in [6.45, 7) is 0.462. The van der Waals surface area contributed by atoms with Crippen molar-refractivity contribution in [3.05, 3.63) is 77.6 Å². The van der Waals surface area contributed by atoms with Crippen molar-refractivity contribution in [2.45, 2.75) is 44.4 Å². The van der Waals surface area contributed by atoms with Gasteiger partial charge in [-0.3, -0.25) is 9.78 Å². The van der Waals surface area contributed by atoms with Crippen molar-refractivity contribution in [1.82, 2.24) is 15.3 Å². The molecule has 1 aliphatic carbocycles. The van der Waals surface area contributed by atoms with Crippen molar-refractivity contribution in [1.29, 1.82) is 0 Å². The lowest BCUT2D eigenvalue weighted by Gasteiger charge is -2.27. The molecule has 0 saturated heterocycles. The molecule has 7 heteroatoms. The number of hydrogen-bond acceptors (Lipinski definition) is 6. The largest absolute Gasteiger partial charge is 0.488 e. The molecule has 2 heterocycles. The summed E-state index contributed by atoms with van der Waals surface area (Å²) < 4.78 is 7.37. The first-order valence-corrected chi connectivity index (χ1v) is 12.1. The maximum atomic E-state index is 12.9. The predicted octanol–water partition coefficient (Wildman–Crippen LogP) is 4.94. The zero-order valence-corrected chi connectivity index (χ0v) is 19.1. The van der Waals surface area contributed by atoms with Gasteiger partial charge in [-0.1, -0.05) is 30.3 Å². The molecule has 0 spiro atoms. The van der Waals surface area contributed by atoms with Crippen molar-refractivity contribution < 1.29 is 9.53 Å². The van der Waals surface area contributed by atoms with Gasteiger partial charge in [0.1, 0.15) is 11.3 Å². The number of aromatic nitrogens is 2. The van der Waals surface area contributed by atoms with Crippen molar-refractivity contribution in [2.24, 2.45) is 5.73 Å². The second-order valence-electron chi connectivity index (χ2n) is 8.40. The van der Waals surface area contributed by atoms with Crippen LogP contribution in [0.5, 0.6) is 5.75 Å². The molecule has 5 rings (SSSR count). The normalized spacial score (nSPS) is 18.2. The maximum absolute atomic E-state index is 12.9. The summed E-state index contributed by atoms with van der Waals surface area (Å²) in [5.41, 5.74) is 9.92. The molecular formula is C26H26N4O2S. The fourth-order valence-corrected chi connectivity index (χ4v) is 5.08. The van der Waals surface area contributed by atoms with Gasteiger partial charge >= 0.3 is 0 Å². The molecule has 0 aliphatic heterocycles. The lowest BCUT2D eigenvalue weighted by Crippen LogP contribution is -2.31. The van der Waals surface area contributed by atoms with Crippen LogP contribution >= 0.6 is 11.3 Å². The molecule has 1 fully saturated rings. The highest BCUT2D eigenvalue weighted by Gasteiger charge is 2.23. The molecule has 0 atom stereocenters. The highest BCUT2D eigenvalue weighted by molar-refractivity contribution is 7.20. The van der Waals surface area contributed by atoms with Crippen LogP contribution < -0.4 is 15.8 Å². The summed E-state index contributed by atoms with van der Waals surface area (Å²) in [4.78, 5) is 21.7. The molecule has 168 valence electrons. The van der Waals surface area contributed by atoms with Crippen LogP contribution in [0, 0.1) is 0 Å². The van der Waals surface area contributed by atoms with Gasteiger partial charge in [0.05, 0.1) is 10.8 Å². The first kappa shape index (κ1) is 21.6. The lowest BCUT2D eigenvalue weighted by molar-refractivity contribution is 0.0950. The topological polar surface area (TPSA) is 90.1 Å². The van der Waals surface area contributed by atoms with Crippen LogP contribution in [0.2, 0.25) is 0 Å². The lowest BCUT2D eigenvalue weighted by atomic mass is 9.93. The Hall–Kier alpha value is -3.29. The van der Waals surface area contributed by atoms with Crippen LogP contribution in [0.15, 0.2) is 67.0 Å². The second-order valence-corrected chi connectivity index (χ2v) is 9.43. The Labute approximate surface area is 196 Å². The second kappa shape index (κ2) is 9.68. The zero-order valence-electron chi connectivity index (χ0n) is 18.2. The van der Waals surface area contributed by atoms with E-state index in [1.807, 2.05) is 48.5 Å². The maximum Gasteiger partial charge on any atom is 0.280 e. The summed E-state index contributed by atoms with van der Waals surface area (Å²) in [7, 11) is 0. The van der Waals surface area contributed by atoms with Crippen LogP contribution in [0.4, 0.5) is 0 Å². The number of nitrogens with zero attached hydrogens (tertiary/aromatic N) is 2. The third-order valence-corrected chi connectivity index (χ3v) is 6.98. The van der Waals surface area contributed by atoms with Gasteiger partial charge in [-0.05, 0) is 66.6 Å². The van der Waals surface area contributed by atoms with E-state index in [2.05, 4.69) is 21.4 Å². The number of ether oxygens (including phenoxy) is 1. The SMILES string of the molecule is NC1CCC(Oc2cc(-c3ccncc3)cc3sc(C(=O)NCc4ccccc4)nc23)CC1. The average molecular weight is 459 g/mol. The van der Waals surface area contributed by atoms with E-state index in [0.29, 0.717) is 11.6 Å². The predicted molar refractivity (Wildman–Crippen MR) is 131 cm³/mol. The molecule has 1 amide bonds. The molecule has 2 aromatic carbocycles. The van der Waals surface area contributed by atoms with Gasteiger partial charge < -0.3 is 15.8 Å². The molecule has 2 aromatic heterocycles. The summed E-state index contributed by atoms with van der Waals surface area (Å²) in [6, 6.07) is 18.1. The number of pyridine rings is 1. The van der Waals surface area contributed by atoms with Crippen molar-refractivity contribution in [3.8, 4) is 16.9 Å². The smallest absolute Gasteiger partial charge is 0.280 e. The van der Waals surface area contributed by atoms with Gasteiger partial charge in [0.15, 0.2) is 5.01 Å². The number of carbonyl (C=O) groups excluding carboxylic acids is 1. The number of nitrogens with one attached hydrogen (secondary N) is 1. The number of benzene rings is 2. The van der Waals surface area contributed by atoms with E-state index in [0.717, 1.165) is 58.3 Å². The standard InChI is InChI=1S/C26H26N4O2S/c27-20-6-8-21(9-7-20)32-22-14-19(18-10-12-28-13-11-18)15-23-24(22)30-26(33-23)25(31)29-16-17-4-2-1-3-5-17/h1-5,10-15,20-21H,6-9,16,27H2,(H,29,31). The van der Waals surface area contributed by atoms with Gasteiger partial charge in [-0.15, -0.1) is 11.3 Å². The Bertz CT molecular complexity index is 1240. The number of thiazole rings is 1. The molecule has 0 radical (unpaired) electrons. The quantitative estimate of drug-likeness (QED) is 0.427. The van der Waals surface area contributed by atoms with E-state index in [1.54, 1.807) is 12.4 Å². The number of hydrogen-bond donors (Lipinski definition) is 2. The van der Waals surface area contributed by atoms with Gasteiger partial charge in [0, 0.05) is 25.0 Å². The molecule has 6 nitrogen and oxygen atoms in total. The monoisotopic (exact) mass is 458 g/mol. The van der Waals surface area contributed by atoms with E-state index in [-0.39, 0.29) is 18.1 Å². The summed E-state index contributed by atoms with van der Waals surface area (Å²) in [6.07, 6.45) is 7.44. The Morgan fingerprint density at radius 3 is 2.55 bits per heavy atom.